The zero-order valence-corrected chi connectivity index (χ0v) is 34.0. The lowest BCUT2D eigenvalue weighted by molar-refractivity contribution is -0.146. The van der Waals surface area contributed by atoms with E-state index in [0.717, 1.165) is 25.0 Å². The Morgan fingerprint density at radius 1 is 0.981 bits per heavy atom. The monoisotopic (exact) mass is 742 g/mol. The van der Waals surface area contributed by atoms with Crippen LogP contribution in [-0.2, 0) is 39.8 Å². The van der Waals surface area contributed by atoms with E-state index in [4.69, 9.17) is 9.47 Å². The minimum absolute atomic E-state index is 0.000626. The minimum Gasteiger partial charge on any atom is -0.468 e. The highest BCUT2D eigenvalue weighted by atomic mass is 16.5. The molecule has 1 aromatic carbocycles. The molecule has 2 aromatic rings. The number of likely N-dealkylation sites (tertiary alicyclic amines) is 1. The van der Waals surface area contributed by atoms with Gasteiger partial charge in [0.25, 0.3) is 0 Å². The molecule has 53 heavy (non-hydrogen) atoms. The van der Waals surface area contributed by atoms with E-state index in [-0.39, 0.29) is 55.2 Å². The van der Waals surface area contributed by atoms with Crippen LogP contribution < -0.4 is 10.6 Å². The summed E-state index contributed by atoms with van der Waals surface area (Å²) in [6.07, 6.45) is 4.83. The van der Waals surface area contributed by atoms with Crippen LogP contribution in [0.25, 0.3) is 0 Å². The van der Waals surface area contributed by atoms with E-state index in [1.807, 2.05) is 45.0 Å². The van der Waals surface area contributed by atoms with Gasteiger partial charge in [-0.3, -0.25) is 19.2 Å². The number of benzene rings is 1. The second kappa shape index (κ2) is 25.8. The van der Waals surface area contributed by atoms with Crippen LogP contribution in [0.1, 0.15) is 84.9 Å². The molecule has 13 heteroatoms. The maximum absolute atomic E-state index is 13.8. The molecule has 0 spiro atoms. The van der Waals surface area contributed by atoms with Gasteiger partial charge in [0.2, 0.25) is 23.7 Å². The summed E-state index contributed by atoms with van der Waals surface area (Å²) in [7, 11) is 6.06. The number of carbonyl (C=O) groups excluding carboxylic acids is 4. The van der Waals surface area contributed by atoms with Gasteiger partial charge in [-0.15, -0.1) is 0 Å². The normalized spacial score (nSPS) is 16.3. The summed E-state index contributed by atoms with van der Waals surface area (Å²) in [6, 6.07) is 11.4. The molecule has 1 aliphatic rings. The largest absolute Gasteiger partial charge is 0.468 e. The number of hydrogen-bond donors (Lipinski definition) is 2. The lowest BCUT2D eigenvalue weighted by Gasteiger charge is -2.39. The van der Waals surface area contributed by atoms with Gasteiger partial charge in [-0.25, -0.2) is 9.97 Å². The van der Waals surface area contributed by atoms with Crippen molar-refractivity contribution < 1.29 is 33.4 Å². The Balaban J connectivity index is 0.00000122. The molecule has 13 nitrogen and oxygen atoms in total. The standard InChI is InChI=1S/C30H50N6O7.C7H8.C3H8/c1-9-19(3)27(35(5)25(38)17-33-30-31-14-13-21(10-2)34-30)23(41-6)16-24(37)36-15-11-12-22(36)28(43-8)20(4)29(40)32-18-26(39)42-7;1-7-5-3-2-4-6-7;1-3-2/h13-14,19-20,22-23,27-28H,9-12,15-18H2,1-8H3,(H,32,40)(H,31,33,34);2-6H,1H3;3H2,1-2H3. The number of rotatable bonds is 17. The number of hydrogen-bond acceptors (Lipinski definition) is 10. The van der Waals surface area contributed by atoms with Gasteiger partial charge in [0.05, 0.1) is 50.3 Å². The third-order valence-corrected chi connectivity index (χ3v) is 9.35. The average Bonchev–Trinajstić information content (AvgIpc) is 3.66. The van der Waals surface area contributed by atoms with Crippen LogP contribution >= 0.6 is 0 Å². The van der Waals surface area contributed by atoms with Crippen LogP contribution in [0.3, 0.4) is 0 Å². The maximum Gasteiger partial charge on any atom is 0.325 e. The molecule has 1 aromatic heterocycles. The molecule has 3 amide bonds. The molecule has 1 aliphatic heterocycles. The van der Waals surface area contributed by atoms with E-state index in [2.05, 4.69) is 58.2 Å². The number of amides is 3. The number of nitrogens with zero attached hydrogens (tertiary/aromatic N) is 4. The van der Waals surface area contributed by atoms with Gasteiger partial charge in [-0.2, -0.15) is 0 Å². The first-order valence-corrected chi connectivity index (χ1v) is 18.9. The van der Waals surface area contributed by atoms with E-state index in [1.165, 1.54) is 26.2 Å². The molecule has 0 aliphatic carbocycles. The zero-order valence-electron chi connectivity index (χ0n) is 34.0. The highest BCUT2D eigenvalue weighted by molar-refractivity contribution is 5.84. The number of nitrogens with one attached hydrogen (secondary N) is 2. The van der Waals surface area contributed by atoms with E-state index in [9.17, 15) is 19.2 Å². The Bertz CT molecular complexity index is 1360. The summed E-state index contributed by atoms with van der Waals surface area (Å²) in [4.78, 5) is 63.3. The number of likely N-dealkylation sites (N-methyl/N-ethyl adjacent to an activating group) is 1. The SMILES string of the molecule is CCC.CCc1ccnc(NCC(=O)N(C)C(C(C)CC)C(CC(=O)N2CCCC2C(OC)C(C)C(=O)NCC(=O)OC)OC)n1.Cc1ccccc1. The molecule has 6 atom stereocenters. The van der Waals surface area contributed by atoms with Crippen molar-refractivity contribution in [3.8, 4) is 0 Å². The molecule has 6 unspecified atom stereocenters. The van der Waals surface area contributed by atoms with Crippen molar-refractivity contribution in [2.24, 2.45) is 11.8 Å². The van der Waals surface area contributed by atoms with Crippen LogP contribution in [0, 0.1) is 18.8 Å². The maximum atomic E-state index is 13.8. The van der Waals surface area contributed by atoms with Gasteiger partial charge in [-0.1, -0.05) is 90.3 Å². The Hall–Kier alpha value is -4.10. The van der Waals surface area contributed by atoms with E-state index < -0.39 is 24.1 Å². The van der Waals surface area contributed by atoms with Gasteiger partial charge in [0, 0.05) is 39.7 Å². The van der Waals surface area contributed by atoms with Crippen LogP contribution in [0.15, 0.2) is 42.6 Å². The first kappa shape index (κ1) is 46.9. The Morgan fingerprint density at radius 3 is 2.17 bits per heavy atom. The molecule has 0 bridgehead atoms. The summed E-state index contributed by atoms with van der Waals surface area (Å²) < 4.78 is 16.2. The highest BCUT2D eigenvalue weighted by Gasteiger charge is 2.42. The molecule has 3 rings (SSSR count). The molecule has 0 saturated carbocycles. The van der Waals surface area contributed by atoms with Crippen molar-refractivity contribution in [2.75, 3.05) is 53.3 Å². The fourth-order valence-corrected chi connectivity index (χ4v) is 6.21. The van der Waals surface area contributed by atoms with E-state index in [0.29, 0.717) is 18.9 Å². The van der Waals surface area contributed by atoms with Crippen LogP contribution in [-0.4, -0.2) is 116 Å². The summed E-state index contributed by atoms with van der Waals surface area (Å²) in [5.74, 6) is -1.38. The third kappa shape index (κ3) is 15.8. The summed E-state index contributed by atoms with van der Waals surface area (Å²) in [6.45, 7) is 14.4. The molecule has 0 radical (unpaired) electrons. The van der Waals surface area contributed by atoms with Crippen molar-refractivity contribution in [2.45, 2.75) is 111 Å². The quantitative estimate of drug-likeness (QED) is 0.210. The molecular weight excluding hydrogens is 676 g/mol. The molecular formula is C40H66N6O7. The van der Waals surface area contributed by atoms with Crippen molar-refractivity contribution in [1.29, 1.82) is 0 Å². The number of aryl methyl sites for hydroxylation is 2. The lowest BCUT2D eigenvalue weighted by Crippen LogP contribution is -2.54. The van der Waals surface area contributed by atoms with Crippen molar-refractivity contribution >= 4 is 29.6 Å². The summed E-state index contributed by atoms with van der Waals surface area (Å²) in [5.41, 5.74) is 2.20. The van der Waals surface area contributed by atoms with Crippen LogP contribution in [0.4, 0.5) is 5.95 Å². The molecule has 2 heterocycles. The number of anilines is 1. The minimum atomic E-state index is -0.614. The lowest BCUT2D eigenvalue weighted by atomic mass is 9.90. The Morgan fingerprint density at radius 2 is 1.64 bits per heavy atom. The van der Waals surface area contributed by atoms with Crippen molar-refractivity contribution in [3.05, 3.63) is 53.9 Å². The topological polar surface area (TPSA) is 152 Å². The molecule has 298 valence electrons. The summed E-state index contributed by atoms with van der Waals surface area (Å²) in [5, 5.41) is 5.59. The zero-order chi connectivity index (χ0) is 39.9. The third-order valence-electron chi connectivity index (χ3n) is 9.35. The van der Waals surface area contributed by atoms with Gasteiger partial charge in [0.15, 0.2) is 0 Å². The van der Waals surface area contributed by atoms with Crippen molar-refractivity contribution in [1.82, 2.24) is 25.1 Å². The number of aromatic nitrogens is 2. The van der Waals surface area contributed by atoms with Gasteiger partial charge >= 0.3 is 5.97 Å². The highest BCUT2D eigenvalue weighted by Crippen LogP contribution is 2.29. The smallest absolute Gasteiger partial charge is 0.325 e. The molecule has 1 fully saturated rings. The van der Waals surface area contributed by atoms with Crippen LogP contribution in [0.5, 0.6) is 0 Å². The van der Waals surface area contributed by atoms with E-state index >= 15 is 0 Å². The predicted octanol–water partition coefficient (Wildman–Crippen LogP) is 5.07. The number of carbonyl (C=O) groups is 4. The van der Waals surface area contributed by atoms with Crippen LogP contribution in [0.2, 0.25) is 0 Å². The van der Waals surface area contributed by atoms with Gasteiger partial charge in [0.1, 0.15) is 6.54 Å². The molecule has 1 saturated heterocycles. The first-order valence-electron chi connectivity index (χ1n) is 18.9. The number of esters is 1. The number of ether oxygens (including phenoxy) is 3. The summed E-state index contributed by atoms with van der Waals surface area (Å²) >= 11 is 0. The Kier molecular flexibility index (Phi) is 22.8. The fourth-order valence-electron chi connectivity index (χ4n) is 6.21. The Labute approximate surface area is 317 Å². The average molecular weight is 743 g/mol. The molecule has 2 N–H and O–H groups in total. The second-order valence-electron chi connectivity index (χ2n) is 13.4. The van der Waals surface area contributed by atoms with Gasteiger partial charge < -0.3 is 34.6 Å². The fraction of sp³-hybridized carbons (Fsp3) is 0.650. The van der Waals surface area contributed by atoms with E-state index in [1.54, 1.807) is 37.1 Å². The second-order valence-corrected chi connectivity index (χ2v) is 13.4. The predicted molar refractivity (Wildman–Crippen MR) is 208 cm³/mol. The number of methoxy groups -OCH3 is 3. The van der Waals surface area contributed by atoms with Gasteiger partial charge in [-0.05, 0) is 38.2 Å². The van der Waals surface area contributed by atoms with Crippen molar-refractivity contribution in [3.63, 3.8) is 0 Å². The first-order chi connectivity index (χ1) is 25.3.